The van der Waals surface area contributed by atoms with E-state index >= 15 is 0 Å². The molecule has 24 heavy (non-hydrogen) atoms. The van der Waals surface area contributed by atoms with Gasteiger partial charge in [-0.3, -0.25) is 4.79 Å². The highest BCUT2D eigenvalue weighted by atomic mass is 35.5. The van der Waals surface area contributed by atoms with E-state index in [1.807, 2.05) is 0 Å². The molecule has 1 fully saturated rings. The second kappa shape index (κ2) is 8.18. The predicted molar refractivity (Wildman–Crippen MR) is 91.6 cm³/mol. The van der Waals surface area contributed by atoms with Gasteiger partial charge in [-0.05, 0) is 37.5 Å². The monoisotopic (exact) mass is 375 g/mol. The fourth-order valence-electron chi connectivity index (χ4n) is 2.56. The van der Waals surface area contributed by atoms with Crippen LogP contribution < -0.4 is 4.18 Å². The van der Waals surface area contributed by atoms with Crippen molar-refractivity contribution in [3.63, 3.8) is 0 Å². The lowest BCUT2D eigenvalue weighted by Gasteiger charge is -2.26. The lowest BCUT2D eigenvalue weighted by Crippen LogP contribution is -2.40. The molecule has 1 amide bonds. The van der Waals surface area contributed by atoms with Gasteiger partial charge < -0.3 is 13.8 Å². The molecule has 1 aromatic rings. The first-order chi connectivity index (χ1) is 11.2. The number of rotatable bonds is 7. The van der Waals surface area contributed by atoms with Crippen LogP contribution in [0.25, 0.3) is 0 Å². The molecule has 134 valence electrons. The first kappa shape index (κ1) is 19.0. The molecule has 8 heteroatoms. The van der Waals surface area contributed by atoms with E-state index in [4.69, 9.17) is 20.5 Å². The molecule has 1 aromatic carbocycles. The number of halogens is 1. The summed E-state index contributed by atoms with van der Waals surface area (Å²) in [6.45, 7) is 3.25. The van der Waals surface area contributed by atoms with Crippen LogP contribution >= 0.6 is 11.6 Å². The Morgan fingerprint density at radius 1 is 1.42 bits per heavy atom. The number of carbonyl (C=O) groups is 1. The Labute approximate surface area is 147 Å². The molecule has 0 bridgehead atoms. The number of benzene rings is 1. The second-order valence-electron chi connectivity index (χ2n) is 5.90. The minimum atomic E-state index is -3.55. The molecule has 0 spiro atoms. The number of carbonyl (C=O) groups excluding carboxylic acids is 1. The molecule has 6 nitrogen and oxygen atoms in total. The van der Waals surface area contributed by atoms with Crippen LogP contribution in [0.2, 0.25) is 0 Å². The standard InChI is InChI=1S/C16H22ClNO5S/c1-12(17)16(19)18(11-15-4-3-9-22-15)10-13-5-7-14(8-6-13)23-24(2,20)21/h5-8,12,15H,3-4,9-11H2,1-2H3. The zero-order valence-electron chi connectivity index (χ0n) is 13.8. The maximum absolute atomic E-state index is 12.3. The van der Waals surface area contributed by atoms with Crippen LogP contribution in [0.5, 0.6) is 5.75 Å². The quantitative estimate of drug-likeness (QED) is 0.539. The molecule has 0 N–H and O–H groups in total. The van der Waals surface area contributed by atoms with E-state index in [0.717, 1.165) is 31.3 Å². The third-order valence-corrected chi connectivity index (χ3v) is 4.33. The van der Waals surface area contributed by atoms with Crippen molar-refractivity contribution in [2.45, 2.75) is 37.8 Å². The van der Waals surface area contributed by atoms with Gasteiger partial charge in [-0.2, -0.15) is 8.42 Å². The van der Waals surface area contributed by atoms with Gasteiger partial charge in [-0.1, -0.05) is 12.1 Å². The molecule has 0 radical (unpaired) electrons. The number of alkyl halides is 1. The SMILES string of the molecule is CC(Cl)C(=O)N(Cc1ccc(OS(C)(=O)=O)cc1)CC1CCCO1. The third kappa shape index (κ3) is 5.96. The van der Waals surface area contributed by atoms with Gasteiger partial charge in [0.1, 0.15) is 11.1 Å². The Hall–Kier alpha value is -1.31. The molecule has 2 unspecified atom stereocenters. The van der Waals surface area contributed by atoms with Crippen LogP contribution in [0.4, 0.5) is 0 Å². The fourth-order valence-corrected chi connectivity index (χ4v) is 3.16. The van der Waals surface area contributed by atoms with E-state index in [-0.39, 0.29) is 17.8 Å². The number of amides is 1. The maximum Gasteiger partial charge on any atom is 0.306 e. The van der Waals surface area contributed by atoms with E-state index in [2.05, 4.69) is 0 Å². The van der Waals surface area contributed by atoms with Crippen molar-refractivity contribution >= 4 is 27.6 Å². The number of hydrogen-bond acceptors (Lipinski definition) is 5. The van der Waals surface area contributed by atoms with Crippen LogP contribution in [-0.4, -0.2) is 50.1 Å². The van der Waals surface area contributed by atoms with Gasteiger partial charge >= 0.3 is 10.1 Å². The molecule has 1 heterocycles. The van der Waals surface area contributed by atoms with Crippen LogP contribution in [0.15, 0.2) is 24.3 Å². The summed E-state index contributed by atoms with van der Waals surface area (Å²) in [5.41, 5.74) is 0.861. The molecule has 2 rings (SSSR count). The van der Waals surface area contributed by atoms with Crippen molar-refractivity contribution in [1.29, 1.82) is 0 Å². The summed E-state index contributed by atoms with van der Waals surface area (Å²) in [4.78, 5) is 14.0. The van der Waals surface area contributed by atoms with Gasteiger partial charge in [0.15, 0.2) is 0 Å². The Balaban J connectivity index is 2.06. The van der Waals surface area contributed by atoms with Crippen molar-refractivity contribution in [2.24, 2.45) is 0 Å². The van der Waals surface area contributed by atoms with Gasteiger partial charge in [0.25, 0.3) is 0 Å². The summed E-state index contributed by atoms with van der Waals surface area (Å²) < 4.78 is 32.6. The van der Waals surface area contributed by atoms with E-state index in [1.165, 1.54) is 0 Å². The van der Waals surface area contributed by atoms with Crippen LogP contribution in [0.3, 0.4) is 0 Å². The highest BCUT2D eigenvalue weighted by Crippen LogP contribution is 2.19. The largest absolute Gasteiger partial charge is 0.383 e. The topological polar surface area (TPSA) is 72.9 Å². The van der Waals surface area contributed by atoms with Gasteiger partial charge in [-0.15, -0.1) is 11.6 Å². The number of nitrogens with zero attached hydrogens (tertiary/aromatic N) is 1. The second-order valence-corrected chi connectivity index (χ2v) is 8.13. The summed E-state index contributed by atoms with van der Waals surface area (Å²) in [6, 6.07) is 6.59. The molecule has 0 saturated carbocycles. The van der Waals surface area contributed by atoms with Gasteiger partial charge in [0, 0.05) is 19.7 Å². The first-order valence-corrected chi connectivity index (χ1v) is 10.0. The molecular weight excluding hydrogens is 354 g/mol. The third-order valence-electron chi connectivity index (χ3n) is 3.64. The average Bonchev–Trinajstić information content (AvgIpc) is 2.99. The molecule has 1 aliphatic heterocycles. The van der Waals surface area contributed by atoms with E-state index < -0.39 is 15.5 Å². The van der Waals surface area contributed by atoms with Gasteiger partial charge in [0.05, 0.1) is 12.4 Å². The van der Waals surface area contributed by atoms with E-state index in [1.54, 1.807) is 36.1 Å². The average molecular weight is 376 g/mol. The molecule has 1 aliphatic rings. The van der Waals surface area contributed by atoms with E-state index in [9.17, 15) is 13.2 Å². The molecule has 0 aliphatic carbocycles. The smallest absolute Gasteiger partial charge is 0.306 e. The molecule has 2 atom stereocenters. The summed E-state index contributed by atoms with van der Waals surface area (Å²) >= 11 is 5.95. The summed E-state index contributed by atoms with van der Waals surface area (Å²) in [6.07, 6.45) is 2.96. The van der Waals surface area contributed by atoms with Crippen molar-refractivity contribution < 1.29 is 22.1 Å². The molecule has 1 saturated heterocycles. The summed E-state index contributed by atoms with van der Waals surface area (Å²) in [7, 11) is -3.55. The van der Waals surface area contributed by atoms with Gasteiger partial charge in [-0.25, -0.2) is 0 Å². The normalized spacial score (nSPS) is 19.0. The molecular formula is C16H22ClNO5S. The van der Waals surface area contributed by atoms with Crippen molar-refractivity contribution in [2.75, 3.05) is 19.4 Å². The van der Waals surface area contributed by atoms with Crippen LogP contribution in [-0.2, 0) is 26.2 Å². The van der Waals surface area contributed by atoms with Crippen LogP contribution in [0, 0.1) is 0 Å². The highest BCUT2D eigenvalue weighted by molar-refractivity contribution is 7.86. The molecule has 0 aromatic heterocycles. The van der Waals surface area contributed by atoms with Crippen molar-refractivity contribution in [3.05, 3.63) is 29.8 Å². The van der Waals surface area contributed by atoms with Crippen molar-refractivity contribution in [1.82, 2.24) is 4.90 Å². The number of ether oxygens (including phenoxy) is 1. The zero-order chi connectivity index (χ0) is 17.7. The maximum atomic E-state index is 12.3. The Morgan fingerprint density at radius 2 is 2.08 bits per heavy atom. The highest BCUT2D eigenvalue weighted by Gasteiger charge is 2.25. The lowest BCUT2D eigenvalue weighted by molar-refractivity contribution is -0.132. The Kier molecular flexibility index (Phi) is 6.48. The fraction of sp³-hybridized carbons (Fsp3) is 0.562. The Morgan fingerprint density at radius 3 is 2.58 bits per heavy atom. The van der Waals surface area contributed by atoms with Gasteiger partial charge in [0.2, 0.25) is 5.91 Å². The zero-order valence-corrected chi connectivity index (χ0v) is 15.3. The summed E-state index contributed by atoms with van der Waals surface area (Å²) in [5.74, 6) is 0.0904. The minimum absolute atomic E-state index is 0.0391. The lowest BCUT2D eigenvalue weighted by atomic mass is 10.1. The Bertz CT molecular complexity index is 654. The minimum Gasteiger partial charge on any atom is -0.383 e. The number of hydrogen-bond donors (Lipinski definition) is 0. The predicted octanol–water partition coefficient (Wildman–Crippen LogP) is 2.16. The van der Waals surface area contributed by atoms with Crippen LogP contribution in [0.1, 0.15) is 25.3 Å². The summed E-state index contributed by atoms with van der Waals surface area (Å²) in [5, 5.41) is -0.612. The van der Waals surface area contributed by atoms with E-state index in [0.29, 0.717) is 13.1 Å². The first-order valence-electron chi connectivity index (χ1n) is 7.77. The van der Waals surface area contributed by atoms with Crippen molar-refractivity contribution in [3.8, 4) is 5.75 Å².